The van der Waals surface area contributed by atoms with Crippen LogP contribution in [0.5, 0.6) is 0 Å². The Morgan fingerprint density at radius 3 is 2.79 bits per heavy atom. The molecule has 0 spiro atoms. The van der Waals surface area contributed by atoms with E-state index in [1.165, 1.54) is 5.06 Å². The molecule has 0 atom stereocenters. The summed E-state index contributed by atoms with van der Waals surface area (Å²) in [7, 11) is 0. The summed E-state index contributed by atoms with van der Waals surface area (Å²) in [6, 6.07) is 14.8. The van der Waals surface area contributed by atoms with E-state index in [0.29, 0.717) is 47.0 Å². The van der Waals surface area contributed by atoms with Crippen LogP contribution in [0.1, 0.15) is 23.2 Å². The van der Waals surface area contributed by atoms with Crippen molar-refractivity contribution in [1.82, 2.24) is 15.2 Å². The maximum atomic E-state index is 12.7. The molecule has 0 saturated carbocycles. The van der Waals surface area contributed by atoms with Crippen LogP contribution in [-0.4, -0.2) is 34.3 Å². The van der Waals surface area contributed by atoms with Crippen molar-refractivity contribution < 1.29 is 18.6 Å². The minimum absolute atomic E-state index is 0.168. The molecule has 0 radical (unpaired) electrons. The minimum Gasteiger partial charge on any atom is -0.444 e. The molecule has 0 bridgehead atoms. The van der Waals surface area contributed by atoms with Crippen LogP contribution in [0.3, 0.4) is 0 Å². The Kier molecular flexibility index (Phi) is 4.14. The molecule has 1 aliphatic rings. The molecule has 2 aromatic heterocycles. The van der Waals surface area contributed by atoms with Crippen molar-refractivity contribution in [2.75, 3.05) is 13.2 Å². The number of carbonyl (C=O) groups is 1. The molecular weight excluding hydrogens is 358 g/mol. The van der Waals surface area contributed by atoms with E-state index in [-0.39, 0.29) is 5.91 Å². The van der Waals surface area contributed by atoms with Gasteiger partial charge in [0.25, 0.3) is 5.91 Å². The predicted molar refractivity (Wildman–Crippen MR) is 101 cm³/mol. The van der Waals surface area contributed by atoms with E-state index in [2.05, 4.69) is 10.1 Å². The molecule has 7 heteroatoms. The molecule has 3 heterocycles. The molecule has 0 unspecified atom stereocenters. The molecule has 1 saturated heterocycles. The Labute approximate surface area is 160 Å². The summed E-state index contributed by atoms with van der Waals surface area (Å²) >= 11 is 0. The summed E-state index contributed by atoms with van der Waals surface area (Å²) in [6.45, 7) is 1.16. The summed E-state index contributed by atoms with van der Waals surface area (Å²) in [4.78, 5) is 22.7. The van der Waals surface area contributed by atoms with Crippen LogP contribution in [0.2, 0.25) is 0 Å². The average molecular weight is 375 g/mol. The lowest BCUT2D eigenvalue weighted by Gasteiger charge is -2.25. The largest absolute Gasteiger partial charge is 0.444 e. The number of oxazole rings is 1. The predicted octanol–water partition coefficient (Wildman–Crippen LogP) is 4.32. The quantitative estimate of drug-likeness (QED) is 0.530. The van der Waals surface area contributed by atoms with E-state index in [1.54, 1.807) is 24.5 Å². The van der Waals surface area contributed by atoms with Crippen molar-refractivity contribution in [3.05, 3.63) is 60.4 Å². The summed E-state index contributed by atoms with van der Waals surface area (Å²) < 4.78 is 11.0. The van der Waals surface area contributed by atoms with E-state index in [1.807, 2.05) is 30.3 Å². The van der Waals surface area contributed by atoms with E-state index < -0.39 is 0 Å². The van der Waals surface area contributed by atoms with Gasteiger partial charge in [-0.05, 0) is 43.2 Å². The van der Waals surface area contributed by atoms with Crippen LogP contribution in [0, 0.1) is 0 Å². The first-order valence-corrected chi connectivity index (χ1v) is 9.15. The first-order valence-electron chi connectivity index (χ1n) is 9.15. The van der Waals surface area contributed by atoms with Gasteiger partial charge in [-0.15, -0.1) is 0 Å². The zero-order valence-electron chi connectivity index (χ0n) is 15.0. The fraction of sp³-hybridized carbons (Fsp3) is 0.190. The number of benzene rings is 2. The van der Waals surface area contributed by atoms with Gasteiger partial charge in [-0.3, -0.25) is 9.63 Å². The smallest absolute Gasteiger partial charge is 0.277 e. The number of fused-ring (bicyclic) bond motifs is 1. The number of hydroxylamine groups is 2. The van der Waals surface area contributed by atoms with Gasteiger partial charge in [-0.2, -0.15) is 0 Å². The third-order valence-corrected chi connectivity index (χ3v) is 4.71. The molecule has 4 aromatic rings. The lowest BCUT2D eigenvalue weighted by molar-refractivity contribution is -0.144. The van der Waals surface area contributed by atoms with Gasteiger partial charge in [0.15, 0.2) is 5.58 Å². The highest BCUT2D eigenvalue weighted by atomic mass is 16.7. The molecule has 1 amide bonds. The molecular formula is C21H17N3O4. The van der Waals surface area contributed by atoms with E-state index in [4.69, 9.17) is 13.8 Å². The number of nitrogens with zero attached hydrogens (tertiary/aromatic N) is 3. The number of rotatable bonds is 3. The van der Waals surface area contributed by atoms with E-state index >= 15 is 0 Å². The number of amides is 1. The van der Waals surface area contributed by atoms with Crippen molar-refractivity contribution in [2.24, 2.45) is 0 Å². The van der Waals surface area contributed by atoms with Crippen LogP contribution in [0.4, 0.5) is 0 Å². The van der Waals surface area contributed by atoms with Crippen molar-refractivity contribution in [3.63, 3.8) is 0 Å². The molecule has 7 nitrogen and oxygen atoms in total. The van der Waals surface area contributed by atoms with Crippen LogP contribution >= 0.6 is 0 Å². The zero-order valence-corrected chi connectivity index (χ0v) is 15.0. The van der Waals surface area contributed by atoms with Crippen LogP contribution < -0.4 is 0 Å². The fourth-order valence-corrected chi connectivity index (χ4v) is 3.25. The number of hydrogen-bond donors (Lipinski definition) is 0. The standard InChI is InChI=1S/C21H17N3O4/c25-21(24-10-4-5-11-27-24)15-8-9-18-16(12-15)19(23-28-18)17-13-26-20(22-17)14-6-2-1-3-7-14/h1-3,6-9,12-13H,4-5,10-11H2. The van der Waals surface area contributed by atoms with Crippen molar-refractivity contribution >= 4 is 16.9 Å². The number of carbonyl (C=O) groups excluding carboxylic acids is 1. The third kappa shape index (κ3) is 2.95. The zero-order chi connectivity index (χ0) is 18.9. The second-order valence-corrected chi connectivity index (χ2v) is 6.59. The molecule has 28 heavy (non-hydrogen) atoms. The van der Waals surface area contributed by atoms with Gasteiger partial charge in [0, 0.05) is 17.7 Å². The molecule has 1 aliphatic heterocycles. The summed E-state index contributed by atoms with van der Waals surface area (Å²) in [5.41, 5.74) is 3.06. The van der Waals surface area contributed by atoms with Crippen LogP contribution in [-0.2, 0) is 4.84 Å². The molecule has 0 aliphatic carbocycles. The highest BCUT2D eigenvalue weighted by Gasteiger charge is 2.22. The SMILES string of the molecule is O=C(c1ccc2onc(-c3coc(-c4ccccc4)n3)c2c1)N1CCCCO1. The summed E-state index contributed by atoms with van der Waals surface area (Å²) in [5.74, 6) is 0.333. The Morgan fingerprint density at radius 2 is 1.96 bits per heavy atom. The lowest BCUT2D eigenvalue weighted by atomic mass is 10.1. The second kappa shape index (κ2) is 6.94. The minimum atomic E-state index is -0.168. The average Bonchev–Trinajstić information content (AvgIpc) is 3.41. The van der Waals surface area contributed by atoms with Gasteiger partial charge < -0.3 is 8.94 Å². The molecule has 5 rings (SSSR count). The first kappa shape index (κ1) is 16.7. The highest BCUT2D eigenvalue weighted by molar-refractivity contribution is 6.00. The monoisotopic (exact) mass is 375 g/mol. The molecule has 140 valence electrons. The molecule has 1 fully saturated rings. The topological polar surface area (TPSA) is 81.6 Å². The first-order chi connectivity index (χ1) is 13.8. The molecule has 0 N–H and O–H groups in total. The third-order valence-electron chi connectivity index (χ3n) is 4.71. The maximum absolute atomic E-state index is 12.7. The number of hydrogen-bond acceptors (Lipinski definition) is 6. The van der Waals surface area contributed by atoms with E-state index in [9.17, 15) is 4.79 Å². The Balaban J connectivity index is 1.50. The van der Waals surface area contributed by atoms with Gasteiger partial charge in [0.2, 0.25) is 5.89 Å². The van der Waals surface area contributed by atoms with Crippen molar-refractivity contribution in [3.8, 4) is 22.8 Å². The van der Waals surface area contributed by atoms with Crippen LogP contribution in [0.15, 0.2) is 63.7 Å². The van der Waals surface area contributed by atoms with Gasteiger partial charge in [0.05, 0.1) is 12.0 Å². The van der Waals surface area contributed by atoms with Gasteiger partial charge >= 0.3 is 0 Å². The summed E-state index contributed by atoms with van der Waals surface area (Å²) in [5, 5.41) is 6.25. The van der Waals surface area contributed by atoms with E-state index in [0.717, 1.165) is 18.4 Å². The number of aromatic nitrogens is 2. The fourth-order valence-electron chi connectivity index (χ4n) is 3.25. The summed E-state index contributed by atoms with van der Waals surface area (Å²) in [6.07, 6.45) is 3.45. The lowest BCUT2D eigenvalue weighted by Crippen LogP contribution is -2.35. The van der Waals surface area contributed by atoms with Gasteiger partial charge in [-0.25, -0.2) is 10.0 Å². The maximum Gasteiger partial charge on any atom is 0.277 e. The Morgan fingerprint density at radius 1 is 1.07 bits per heavy atom. The van der Waals surface area contributed by atoms with Crippen LogP contribution in [0.25, 0.3) is 33.8 Å². The van der Waals surface area contributed by atoms with Gasteiger partial charge in [0.1, 0.15) is 17.7 Å². The molecule has 2 aromatic carbocycles. The van der Waals surface area contributed by atoms with Gasteiger partial charge in [-0.1, -0.05) is 23.4 Å². The highest BCUT2D eigenvalue weighted by Crippen LogP contribution is 2.30. The Bertz CT molecular complexity index is 1130. The normalized spacial score (nSPS) is 14.5. The Hall–Kier alpha value is -3.45. The van der Waals surface area contributed by atoms with Crippen molar-refractivity contribution in [1.29, 1.82) is 0 Å². The van der Waals surface area contributed by atoms with Crippen molar-refractivity contribution in [2.45, 2.75) is 12.8 Å². The second-order valence-electron chi connectivity index (χ2n) is 6.59.